The number of carbonyl (C=O) groups excluding carboxylic acids is 1. The van der Waals surface area contributed by atoms with Crippen LogP contribution in [0, 0.1) is 19.8 Å². The minimum absolute atomic E-state index is 0.0893. The van der Waals surface area contributed by atoms with Crippen molar-refractivity contribution in [2.24, 2.45) is 5.92 Å². The molecule has 1 aliphatic heterocycles. The molecule has 3 heterocycles. The van der Waals surface area contributed by atoms with Crippen LogP contribution in [0.15, 0.2) is 28.7 Å². The number of aromatic nitrogens is 3. The summed E-state index contributed by atoms with van der Waals surface area (Å²) in [5.74, 6) is -0.137. The Morgan fingerprint density at radius 2 is 1.97 bits per heavy atom. The molecule has 0 spiro atoms. The van der Waals surface area contributed by atoms with Crippen molar-refractivity contribution in [3.8, 4) is 0 Å². The Bertz CT molecular complexity index is 1170. The van der Waals surface area contributed by atoms with E-state index in [1.807, 2.05) is 11.6 Å². The highest BCUT2D eigenvalue weighted by atomic mass is 79.9. The summed E-state index contributed by atoms with van der Waals surface area (Å²) >= 11 is 3.31. The highest BCUT2D eigenvalue weighted by Gasteiger charge is 2.34. The van der Waals surface area contributed by atoms with Crippen LogP contribution in [0.4, 0.5) is 18.9 Å². The van der Waals surface area contributed by atoms with Gasteiger partial charge in [-0.3, -0.25) is 9.48 Å². The predicted molar refractivity (Wildman–Crippen MR) is 120 cm³/mol. The smallest absolute Gasteiger partial charge is 0.319 e. The van der Waals surface area contributed by atoms with E-state index in [4.69, 9.17) is 0 Å². The van der Waals surface area contributed by atoms with E-state index in [-0.39, 0.29) is 11.1 Å². The summed E-state index contributed by atoms with van der Waals surface area (Å²) in [5, 5.41) is 11.0. The molecule has 0 unspecified atom stereocenters. The molecule has 0 saturated carbocycles. The van der Waals surface area contributed by atoms with E-state index in [0.29, 0.717) is 27.2 Å². The summed E-state index contributed by atoms with van der Waals surface area (Å²) in [6.45, 7) is 6.33. The summed E-state index contributed by atoms with van der Waals surface area (Å²) in [6, 6.07) is 5.45. The van der Waals surface area contributed by atoms with Crippen LogP contribution in [0.2, 0.25) is 0 Å². The number of hydrogen-bond donors (Lipinski definition) is 2. The van der Waals surface area contributed by atoms with Gasteiger partial charge in [0.05, 0.1) is 28.2 Å². The number of amides is 1. The highest BCUT2D eigenvalue weighted by molar-refractivity contribution is 9.10. The molecule has 0 radical (unpaired) electrons. The van der Waals surface area contributed by atoms with Gasteiger partial charge in [0.15, 0.2) is 0 Å². The summed E-state index contributed by atoms with van der Waals surface area (Å²) < 4.78 is 42.7. The van der Waals surface area contributed by atoms with Crippen LogP contribution < -0.4 is 10.6 Å². The summed E-state index contributed by atoms with van der Waals surface area (Å²) in [5.41, 5.74) is 0.840. The molecule has 1 aliphatic rings. The lowest BCUT2D eigenvalue weighted by atomic mass is 9.98. The van der Waals surface area contributed by atoms with Crippen molar-refractivity contribution in [3.05, 3.63) is 51.4 Å². The average molecular weight is 510 g/mol. The first-order valence-corrected chi connectivity index (χ1v) is 11.2. The van der Waals surface area contributed by atoms with E-state index in [0.717, 1.165) is 44.2 Å². The number of hydrogen-bond acceptors (Lipinski definition) is 4. The SMILES string of the molecule is Cc1nn(CC2CCNCC2)c(C)c1NC(=O)c1cc(C(F)(F)F)nc2ccc(Br)cc12. The van der Waals surface area contributed by atoms with Crippen molar-refractivity contribution >= 4 is 38.4 Å². The van der Waals surface area contributed by atoms with Crippen molar-refractivity contribution in [2.45, 2.75) is 39.4 Å². The molecule has 1 aromatic carbocycles. The van der Waals surface area contributed by atoms with Gasteiger partial charge in [-0.25, -0.2) is 4.98 Å². The number of benzene rings is 1. The zero-order chi connectivity index (χ0) is 23.0. The van der Waals surface area contributed by atoms with E-state index in [9.17, 15) is 18.0 Å². The fourth-order valence-corrected chi connectivity index (χ4v) is 4.44. The van der Waals surface area contributed by atoms with Gasteiger partial charge < -0.3 is 10.6 Å². The Morgan fingerprint density at radius 1 is 1.25 bits per heavy atom. The van der Waals surface area contributed by atoms with Gasteiger partial charge in [0, 0.05) is 16.4 Å². The van der Waals surface area contributed by atoms with Crippen LogP contribution >= 0.6 is 15.9 Å². The predicted octanol–water partition coefficient (Wildman–Crippen LogP) is 5.08. The number of nitrogens with one attached hydrogen (secondary N) is 2. The molecule has 2 N–H and O–H groups in total. The van der Waals surface area contributed by atoms with Gasteiger partial charge in [-0.1, -0.05) is 15.9 Å². The molecule has 170 valence electrons. The molecular formula is C22H23BrF3N5O. The van der Waals surface area contributed by atoms with Crippen molar-refractivity contribution in [1.29, 1.82) is 0 Å². The maximum atomic E-state index is 13.4. The van der Waals surface area contributed by atoms with Gasteiger partial charge in [-0.05, 0) is 70.0 Å². The molecule has 2 aromatic heterocycles. The van der Waals surface area contributed by atoms with E-state index >= 15 is 0 Å². The number of piperidine rings is 1. The molecule has 0 bridgehead atoms. The molecule has 0 aliphatic carbocycles. The van der Waals surface area contributed by atoms with Gasteiger partial charge >= 0.3 is 6.18 Å². The van der Waals surface area contributed by atoms with Gasteiger partial charge in [0.2, 0.25) is 0 Å². The summed E-state index contributed by atoms with van der Waals surface area (Å²) in [4.78, 5) is 16.8. The second-order valence-corrected chi connectivity index (χ2v) is 9.01. The Hall–Kier alpha value is -2.46. The number of aryl methyl sites for hydroxylation is 1. The molecule has 1 saturated heterocycles. The highest BCUT2D eigenvalue weighted by Crippen LogP contribution is 2.33. The zero-order valence-corrected chi connectivity index (χ0v) is 19.3. The van der Waals surface area contributed by atoms with Crippen molar-refractivity contribution in [3.63, 3.8) is 0 Å². The van der Waals surface area contributed by atoms with E-state index < -0.39 is 17.8 Å². The maximum absolute atomic E-state index is 13.4. The molecule has 6 nitrogen and oxygen atoms in total. The normalized spacial score (nSPS) is 15.3. The lowest BCUT2D eigenvalue weighted by Crippen LogP contribution is -2.30. The number of pyridine rings is 1. The minimum atomic E-state index is -4.66. The third kappa shape index (κ3) is 4.66. The standard InChI is InChI=1S/C22H23BrF3N5O/c1-12-20(13(2)31(30-12)11-14-5-7-27-8-6-14)29-21(32)17-10-19(22(24,25)26)28-18-4-3-15(23)9-16(17)18/h3-4,9-10,14,27H,5-8,11H2,1-2H3,(H,29,32). The number of nitrogens with zero attached hydrogens (tertiary/aromatic N) is 3. The first-order chi connectivity index (χ1) is 15.1. The van der Waals surface area contributed by atoms with E-state index in [1.165, 1.54) is 6.07 Å². The van der Waals surface area contributed by atoms with Crippen LogP contribution in [-0.2, 0) is 12.7 Å². The van der Waals surface area contributed by atoms with Gasteiger partial charge in [0.1, 0.15) is 5.69 Å². The first kappa shape index (κ1) is 22.7. The summed E-state index contributed by atoms with van der Waals surface area (Å²) in [6.07, 6.45) is -2.56. The van der Waals surface area contributed by atoms with Crippen molar-refractivity contribution in [1.82, 2.24) is 20.1 Å². The first-order valence-electron chi connectivity index (χ1n) is 10.4. The minimum Gasteiger partial charge on any atom is -0.319 e. The third-order valence-corrected chi connectivity index (χ3v) is 6.31. The Balaban J connectivity index is 1.67. The molecule has 32 heavy (non-hydrogen) atoms. The van der Waals surface area contributed by atoms with Gasteiger partial charge in [-0.2, -0.15) is 18.3 Å². The fraction of sp³-hybridized carbons (Fsp3) is 0.409. The Kier molecular flexibility index (Phi) is 6.26. The second kappa shape index (κ2) is 8.82. The zero-order valence-electron chi connectivity index (χ0n) is 17.7. The van der Waals surface area contributed by atoms with Crippen LogP contribution in [-0.4, -0.2) is 33.8 Å². The molecule has 10 heteroatoms. The number of anilines is 1. The fourth-order valence-electron chi connectivity index (χ4n) is 4.08. The molecular weight excluding hydrogens is 487 g/mol. The van der Waals surface area contributed by atoms with E-state index in [1.54, 1.807) is 19.1 Å². The van der Waals surface area contributed by atoms with Crippen molar-refractivity contribution < 1.29 is 18.0 Å². The number of fused-ring (bicyclic) bond motifs is 1. The molecule has 3 aromatic rings. The van der Waals surface area contributed by atoms with Crippen LogP contribution in [0.5, 0.6) is 0 Å². The monoisotopic (exact) mass is 509 g/mol. The molecule has 1 fully saturated rings. The van der Waals surface area contributed by atoms with Gasteiger partial charge in [-0.15, -0.1) is 0 Å². The number of alkyl halides is 3. The Labute approximate surface area is 191 Å². The van der Waals surface area contributed by atoms with Crippen LogP contribution in [0.3, 0.4) is 0 Å². The van der Waals surface area contributed by atoms with E-state index in [2.05, 4.69) is 36.6 Å². The lowest BCUT2D eigenvalue weighted by molar-refractivity contribution is -0.140. The lowest BCUT2D eigenvalue weighted by Gasteiger charge is -2.23. The number of carbonyl (C=O) groups is 1. The molecule has 0 atom stereocenters. The van der Waals surface area contributed by atoms with Crippen molar-refractivity contribution in [2.75, 3.05) is 18.4 Å². The van der Waals surface area contributed by atoms with Gasteiger partial charge in [0.25, 0.3) is 5.91 Å². The third-order valence-electron chi connectivity index (χ3n) is 5.82. The molecule has 1 amide bonds. The summed E-state index contributed by atoms with van der Waals surface area (Å²) in [7, 11) is 0. The number of halogens is 4. The maximum Gasteiger partial charge on any atom is 0.433 e. The average Bonchev–Trinajstić information content (AvgIpc) is 3.00. The van der Waals surface area contributed by atoms with Crippen LogP contribution in [0.25, 0.3) is 10.9 Å². The Morgan fingerprint density at radius 3 is 2.66 bits per heavy atom. The quantitative estimate of drug-likeness (QED) is 0.514. The number of rotatable bonds is 4. The molecule has 4 rings (SSSR count). The van der Waals surface area contributed by atoms with Crippen LogP contribution in [0.1, 0.15) is 40.3 Å². The topological polar surface area (TPSA) is 71.8 Å². The largest absolute Gasteiger partial charge is 0.433 e. The second-order valence-electron chi connectivity index (χ2n) is 8.09.